The van der Waals surface area contributed by atoms with E-state index in [1.807, 2.05) is 6.07 Å². The van der Waals surface area contributed by atoms with Crippen LogP contribution in [0.5, 0.6) is 0 Å². The fraction of sp³-hybridized carbons (Fsp3) is 0.500. The maximum atomic E-state index is 13.3. The Labute approximate surface area is 203 Å². The van der Waals surface area contributed by atoms with E-state index in [4.69, 9.17) is 16.3 Å². The van der Waals surface area contributed by atoms with Crippen LogP contribution in [0.1, 0.15) is 37.8 Å². The zero-order valence-electron chi connectivity index (χ0n) is 19.4. The van der Waals surface area contributed by atoms with E-state index >= 15 is 0 Å². The summed E-state index contributed by atoms with van der Waals surface area (Å²) in [4.78, 5) is 55.4. The topological polar surface area (TPSA) is 99.3 Å². The number of esters is 1. The molecule has 1 aromatic rings. The van der Waals surface area contributed by atoms with E-state index in [0.29, 0.717) is 54.4 Å². The first-order valence-corrected chi connectivity index (χ1v) is 11.9. The van der Waals surface area contributed by atoms with Gasteiger partial charge in [0, 0.05) is 38.1 Å². The van der Waals surface area contributed by atoms with Gasteiger partial charge in [-0.05, 0) is 31.4 Å². The van der Waals surface area contributed by atoms with Crippen LogP contribution in [0, 0.1) is 5.92 Å². The number of rotatable bonds is 6. The van der Waals surface area contributed by atoms with Crippen LogP contribution in [0.4, 0.5) is 4.79 Å². The molecule has 1 fully saturated rings. The Balaban J connectivity index is 1.39. The van der Waals surface area contributed by atoms with Crippen molar-refractivity contribution in [1.82, 2.24) is 20.0 Å². The summed E-state index contributed by atoms with van der Waals surface area (Å²) in [6, 6.07) is 6.18. The molecule has 0 spiro atoms. The predicted molar refractivity (Wildman–Crippen MR) is 125 cm³/mol. The van der Waals surface area contributed by atoms with Crippen LogP contribution in [-0.2, 0) is 19.1 Å². The number of amides is 4. The second-order valence-corrected chi connectivity index (χ2v) is 9.11. The van der Waals surface area contributed by atoms with Gasteiger partial charge in [-0.2, -0.15) is 0 Å². The second-order valence-electron chi connectivity index (χ2n) is 8.71. The smallest absolute Gasteiger partial charge is 0.322 e. The number of nitrogens with one attached hydrogen (secondary N) is 1. The van der Waals surface area contributed by atoms with Crippen LogP contribution in [0.3, 0.4) is 0 Å². The molecule has 10 heteroatoms. The van der Waals surface area contributed by atoms with Gasteiger partial charge < -0.3 is 19.9 Å². The van der Waals surface area contributed by atoms with Gasteiger partial charge >= 0.3 is 12.0 Å². The Hall–Kier alpha value is -3.07. The SMILES string of the molecule is CCOC(=O)C1CCN(C(=O)CCN2CC3=C(C2=O)[C@H](c2ccccc2Cl)NC(=O)N3C)CC1. The van der Waals surface area contributed by atoms with Crippen LogP contribution >= 0.6 is 11.6 Å². The number of urea groups is 1. The molecule has 3 heterocycles. The molecule has 0 aromatic heterocycles. The number of hydrogen-bond acceptors (Lipinski definition) is 5. The predicted octanol–water partition coefficient (Wildman–Crippen LogP) is 2.32. The number of ether oxygens (including phenoxy) is 1. The molecule has 0 radical (unpaired) electrons. The van der Waals surface area contributed by atoms with Crippen molar-refractivity contribution in [2.75, 3.05) is 39.8 Å². The number of benzene rings is 1. The lowest BCUT2D eigenvalue weighted by Gasteiger charge is -2.31. The van der Waals surface area contributed by atoms with E-state index in [1.54, 1.807) is 42.0 Å². The normalized spacial score (nSPS) is 21.0. The molecule has 0 aliphatic carbocycles. The van der Waals surface area contributed by atoms with E-state index in [2.05, 4.69) is 5.32 Å². The van der Waals surface area contributed by atoms with Gasteiger partial charge in [0.15, 0.2) is 0 Å². The number of piperidine rings is 1. The van der Waals surface area contributed by atoms with E-state index < -0.39 is 6.04 Å². The molecule has 0 bridgehead atoms. The van der Waals surface area contributed by atoms with E-state index in [9.17, 15) is 19.2 Å². The highest BCUT2D eigenvalue weighted by atomic mass is 35.5. The fourth-order valence-corrected chi connectivity index (χ4v) is 5.00. The third-order valence-corrected chi connectivity index (χ3v) is 7.06. The second kappa shape index (κ2) is 10.0. The lowest BCUT2D eigenvalue weighted by atomic mass is 9.95. The van der Waals surface area contributed by atoms with E-state index in [1.165, 1.54) is 4.90 Å². The minimum atomic E-state index is -0.637. The maximum Gasteiger partial charge on any atom is 0.322 e. The van der Waals surface area contributed by atoms with Crippen LogP contribution in [-0.4, -0.2) is 78.3 Å². The van der Waals surface area contributed by atoms with Gasteiger partial charge in [-0.1, -0.05) is 29.8 Å². The van der Waals surface area contributed by atoms with Crippen LogP contribution in [0.25, 0.3) is 0 Å². The van der Waals surface area contributed by atoms with Gasteiger partial charge in [0.25, 0.3) is 5.91 Å². The number of hydrogen-bond donors (Lipinski definition) is 1. The molecule has 1 atom stereocenters. The lowest BCUT2D eigenvalue weighted by molar-refractivity contribution is -0.151. The Morgan fingerprint density at radius 1 is 1.18 bits per heavy atom. The van der Waals surface area contributed by atoms with Crippen molar-refractivity contribution >= 4 is 35.4 Å². The molecule has 1 N–H and O–H groups in total. The van der Waals surface area contributed by atoms with Crippen LogP contribution in [0.15, 0.2) is 35.5 Å². The lowest BCUT2D eigenvalue weighted by Crippen LogP contribution is -2.45. The highest BCUT2D eigenvalue weighted by Gasteiger charge is 2.43. The van der Waals surface area contributed by atoms with Crippen molar-refractivity contribution in [3.05, 3.63) is 46.1 Å². The summed E-state index contributed by atoms with van der Waals surface area (Å²) in [5, 5.41) is 3.34. The molecule has 1 saturated heterocycles. The summed E-state index contributed by atoms with van der Waals surface area (Å²) in [6.45, 7) is 3.65. The molecule has 3 aliphatic rings. The van der Waals surface area contributed by atoms with Crippen molar-refractivity contribution in [2.24, 2.45) is 5.92 Å². The molecule has 34 heavy (non-hydrogen) atoms. The van der Waals surface area contributed by atoms with E-state index in [-0.39, 0.29) is 49.2 Å². The minimum absolute atomic E-state index is 0.0507. The molecule has 4 amide bonds. The van der Waals surface area contributed by atoms with Gasteiger partial charge in [0.2, 0.25) is 5.91 Å². The first-order chi connectivity index (χ1) is 16.3. The summed E-state index contributed by atoms with van der Waals surface area (Å²) in [6.07, 6.45) is 1.35. The average Bonchev–Trinajstić information content (AvgIpc) is 3.17. The first kappa shape index (κ1) is 24.1. The van der Waals surface area contributed by atoms with Gasteiger partial charge in [-0.15, -0.1) is 0 Å². The number of nitrogens with zero attached hydrogens (tertiary/aromatic N) is 3. The summed E-state index contributed by atoms with van der Waals surface area (Å²) in [7, 11) is 1.63. The van der Waals surface area contributed by atoms with Gasteiger partial charge in [0.1, 0.15) is 0 Å². The van der Waals surface area contributed by atoms with Crippen molar-refractivity contribution < 1.29 is 23.9 Å². The zero-order valence-corrected chi connectivity index (χ0v) is 20.1. The quantitative estimate of drug-likeness (QED) is 0.619. The molecule has 4 rings (SSSR count). The summed E-state index contributed by atoms with van der Waals surface area (Å²) < 4.78 is 5.08. The number of likely N-dealkylation sites (tertiary alicyclic amines) is 1. The number of carbonyl (C=O) groups excluding carboxylic acids is 4. The fourth-order valence-electron chi connectivity index (χ4n) is 4.76. The summed E-state index contributed by atoms with van der Waals surface area (Å²) >= 11 is 6.36. The number of halogens is 1. The van der Waals surface area contributed by atoms with Gasteiger partial charge in [-0.25, -0.2) is 4.79 Å². The zero-order chi connectivity index (χ0) is 24.4. The molecule has 9 nitrogen and oxygen atoms in total. The van der Waals surface area contributed by atoms with Gasteiger partial charge in [0.05, 0.1) is 36.4 Å². The highest BCUT2D eigenvalue weighted by molar-refractivity contribution is 6.31. The molecule has 0 saturated carbocycles. The van der Waals surface area contributed by atoms with E-state index in [0.717, 1.165) is 0 Å². The molecular weight excluding hydrogens is 460 g/mol. The number of likely N-dealkylation sites (N-methyl/N-ethyl adjacent to an activating group) is 1. The highest BCUT2D eigenvalue weighted by Crippen LogP contribution is 2.38. The van der Waals surface area contributed by atoms with Crippen LogP contribution < -0.4 is 5.32 Å². The Bertz CT molecular complexity index is 1030. The Morgan fingerprint density at radius 3 is 2.56 bits per heavy atom. The third-order valence-electron chi connectivity index (χ3n) is 6.71. The molecule has 1 aromatic carbocycles. The first-order valence-electron chi connectivity index (χ1n) is 11.6. The standard InChI is InChI=1S/C24H29ClN4O5/c1-3-34-23(32)15-8-11-28(12-9-15)19(30)10-13-29-14-18-20(22(29)31)21(26-24(33)27(18)2)16-6-4-5-7-17(16)25/h4-7,15,21H,3,8-14H2,1-2H3,(H,26,33)/t21-/m0/s1. The van der Waals surface area contributed by atoms with Crippen LogP contribution in [0.2, 0.25) is 5.02 Å². The van der Waals surface area contributed by atoms with Crippen molar-refractivity contribution in [3.63, 3.8) is 0 Å². The van der Waals surface area contributed by atoms with Crippen molar-refractivity contribution in [1.29, 1.82) is 0 Å². The Kier molecular flexibility index (Phi) is 7.11. The molecule has 3 aliphatic heterocycles. The van der Waals surface area contributed by atoms with Crippen molar-refractivity contribution in [2.45, 2.75) is 32.2 Å². The Morgan fingerprint density at radius 2 is 1.88 bits per heavy atom. The minimum Gasteiger partial charge on any atom is -0.466 e. The molecule has 0 unspecified atom stereocenters. The molecular formula is C24H29ClN4O5. The van der Waals surface area contributed by atoms with Gasteiger partial charge in [-0.3, -0.25) is 19.3 Å². The third kappa shape index (κ3) is 4.61. The average molecular weight is 489 g/mol. The molecule has 182 valence electrons. The summed E-state index contributed by atoms with van der Waals surface area (Å²) in [5.41, 5.74) is 1.77. The van der Waals surface area contributed by atoms with Crippen molar-refractivity contribution in [3.8, 4) is 0 Å². The summed E-state index contributed by atoms with van der Waals surface area (Å²) in [5.74, 6) is -0.623. The maximum absolute atomic E-state index is 13.3. The number of carbonyl (C=O) groups is 4. The monoisotopic (exact) mass is 488 g/mol. The largest absolute Gasteiger partial charge is 0.466 e.